The first-order valence-electron chi connectivity index (χ1n) is 7.97. The summed E-state index contributed by atoms with van der Waals surface area (Å²) >= 11 is 0. The number of H-pyrrole nitrogens is 1. The van der Waals surface area contributed by atoms with E-state index in [0.29, 0.717) is 11.5 Å². The second-order valence-corrected chi connectivity index (χ2v) is 7.90. The predicted molar refractivity (Wildman–Crippen MR) is 80.0 cm³/mol. The second kappa shape index (κ2) is 4.33. The van der Waals surface area contributed by atoms with Gasteiger partial charge in [0, 0.05) is 43.7 Å². The smallest absolute Gasteiger partial charge is 0.257 e. The van der Waals surface area contributed by atoms with Gasteiger partial charge >= 0.3 is 0 Å². The van der Waals surface area contributed by atoms with Crippen LogP contribution in [0.2, 0.25) is 0 Å². The Kier molecular flexibility index (Phi) is 2.72. The number of aromatic amines is 1. The van der Waals surface area contributed by atoms with E-state index in [1.165, 1.54) is 0 Å². The van der Waals surface area contributed by atoms with Crippen molar-refractivity contribution < 1.29 is 9.59 Å². The summed E-state index contributed by atoms with van der Waals surface area (Å²) < 4.78 is 0. The van der Waals surface area contributed by atoms with Gasteiger partial charge in [-0.3, -0.25) is 14.7 Å². The van der Waals surface area contributed by atoms with Crippen molar-refractivity contribution in [3.05, 3.63) is 18.0 Å². The highest BCUT2D eigenvalue weighted by atomic mass is 16.2. The highest BCUT2D eigenvalue weighted by Gasteiger charge is 2.57. The van der Waals surface area contributed by atoms with Crippen LogP contribution in [0.15, 0.2) is 12.4 Å². The van der Waals surface area contributed by atoms with Crippen molar-refractivity contribution in [3.8, 4) is 0 Å². The van der Waals surface area contributed by atoms with Crippen LogP contribution in [-0.4, -0.2) is 58.0 Å². The number of hydrogen-bond acceptors (Lipinski definition) is 3. The lowest BCUT2D eigenvalue weighted by atomic mass is 9.78. The molecule has 2 amide bonds. The quantitative estimate of drug-likeness (QED) is 0.890. The maximum Gasteiger partial charge on any atom is 0.257 e. The molecule has 1 spiro atoms. The maximum absolute atomic E-state index is 12.4. The molecule has 2 saturated heterocycles. The summed E-state index contributed by atoms with van der Waals surface area (Å²) in [6, 6.07) is 0. The molecule has 1 aliphatic carbocycles. The van der Waals surface area contributed by atoms with Gasteiger partial charge in [0.1, 0.15) is 0 Å². The van der Waals surface area contributed by atoms with Gasteiger partial charge in [-0.05, 0) is 18.3 Å². The third-order valence-corrected chi connectivity index (χ3v) is 5.65. The maximum atomic E-state index is 12.4. The molecular formula is C16H22N4O2. The normalized spacial score (nSPS) is 27.8. The molecule has 1 aromatic heterocycles. The van der Waals surface area contributed by atoms with Crippen molar-refractivity contribution >= 4 is 11.8 Å². The SMILES string of the molecule is CC1(C)C[C@@H]1C(=O)N1CC2(CCN(C(=O)c3cn[nH]c3)C2)C1. The Labute approximate surface area is 129 Å². The average molecular weight is 302 g/mol. The zero-order chi connectivity index (χ0) is 15.5. The fourth-order valence-corrected chi connectivity index (χ4v) is 3.95. The first-order chi connectivity index (χ1) is 10.4. The third kappa shape index (κ3) is 2.04. The molecule has 3 fully saturated rings. The van der Waals surface area contributed by atoms with E-state index in [0.717, 1.165) is 39.0 Å². The first kappa shape index (κ1) is 13.8. The summed E-state index contributed by atoms with van der Waals surface area (Å²) in [5.41, 5.74) is 0.941. The Hall–Kier alpha value is -1.85. The Bertz CT molecular complexity index is 616. The van der Waals surface area contributed by atoms with Crippen LogP contribution < -0.4 is 0 Å². The fraction of sp³-hybridized carbons (Fsp3) is 0.688. The molecule has 2 aliphatic heterocycles. The number of carbonyl (C=O) groups is 2. The molecule has 0 radical (unpaired) electrons. The molecule has 22 heavy (non-hydrogen) atoms. The average Bonchev–Trinajstić information content (AvgIpc) is 2.94. The molecule has 118 valence electrons. The molecule has 1 N–H and O–H groups in total. The standard InChI is InChI=1S/C16H22N4O2/c1-15(2)5-12(15)14(22)20-9-16(10-20)3-4-19(8-16)13(21)11-6-17-18-7-11/h6-7,12H,3-5,8-10H2,1-2H3,(H,17,18)/t12-/m1/s1. The lowest BCUT2D eigenvalue weighted by Crippen LogP contribution is -2.60. The minimum absolute atomic E-state index is 0.0405. The van der Waals surface area contributed by atoms with E-state index in [9.17, 15) is 9.59 Å². The van der Waals surface area contributed by atoms with Crippen LogP contribution in [0, 0.1) is 16.7 Å². The van der Waals surface area contributed by atoms with Crippen molar-refractivity contribution in [3.63, 3.8) is 0 Å². The number of likely N-dealkylation sites (tertiary alicyclic amines) is 2. The van der Waals surface area contributed by atoms with Gasteiger partial charge in [-0.1, -0.05) is 13.8 Å². The van der Waals surface area contributed by atoms with Crippen molar-refractivity contribution in [2.45, 2.75) is 26.7 Å². The summed E-state index contributed by atoms with van der Waals surface area (Å²) in [5, 5.41) is 6.52. The predicted octanol–water partition coefficient (Wildman–Crippen LogP) is 1.13. The largest absolute Gasteiger partial charge is 0.341 e. The molecule has 6 nitrogen and oxygen atoms in total. The Morgan fingerprint density at radius 2 is 1.95 bits per heavy atom. The topological polar surface area (TPSA) is 69.3 Å². The molecule has 6 heteroatoms. The van der Waals surface area contributed by atoms with Gasteiger partial charge in [-0.15, -0.1) is 0 Å². The van der Waals surface area contributed by atoms with Gasteiger partial charge in [0.05, 0.1) is 11.8 Å². The number of rotatable bonds is 2. The number of amides is 2. The van der Waals surface area contributed by atoms with Crippen molar-refractivity contribution in [2.24, 2.45) is 16.7 Å². The number of aromatic nitrogens is 2. The number of carbonyl (C=O) groups excluding carboxylic acids is 2. The monoisotopic (exact) mass is 302 g/mol. The molecule has 0 aromatic carbocycles. The van der Waals surface area contributed by atoms with Crippen LogP contribution in [-0.2, 0) is 4.79 Å². The Balaban J connectivity index is 1.35. The van der Waals surface area contributed by atoms with Crippen LogP contribution in [0.3, 0.4) is 0 Å². The van der Waals surface area contributed by atoms with Gasteiger partial charge in [0.15, 0.2) is 0 Å². The van der Waals surface area contributed by atoms with E-state index in [2.05, 4.69) is 24.0 Å². The van der Waals surface area contributed by atoms with E-state index < -0.39 is 0 Å². The molecule has 0 unspecified atom stereocenters. The lowest BCUT2D eigenvalue weighted by Gasteiger charge is -2.48. The van der Waals surface area contributed by atoms with Crippen molar-refractivity contribution in [1.29, 1.82) is 0 Å². The summed E-state index contributed by atoms with van der Waals surface area (Å²) in [6.45, 7) is 7.48. The molecular weight excluding hydrogens is 280 g/mol. The van der Waals surface area contributed by atoms with Crippen LogP contribution in [0.25, 0.3) is 0 Å². The molecule has 1 aromatic rings. The Morgan fingerprint density at radius 1 is 1.27 bits per heavy atom. The molecule has 3 aliphatic rings. The van der Waals surface area contributed by atoms with Gasteiger partial charge in [0.2, 0.25) is 5.91 Å². The summed E-state index contributed by atoms with van der Waals surface area (Å²) in [5.74, 6) is 0.573. The zero-order valence-corrected chi connectivity index (χ0v) is 13.1. The zero-order valence-electron chi connectivity index (χ0n) is 13.1. The minimum atomic E-state index is 0.0405. The highest BCUT2D eigenvalue weighted by molar-refractivity contribution is 5.94. The van der Waals surface area contributed by atoms with Crippen LogP contribution in [0.1, 0.15) is 37.0 Å². The molecule has 1 atom stereocenters. The highest BCUT2D eigenvalue weighted by Crippen LogP contribution is 2.54. The van der Waals surface area contributed by atoms with E-state index in [-0.39, 0.29) is 22.7 Å². The molecule has 0 bridgehead atoms. The fourth-order valence-electron chi connectivity index (χ4n) is 3.95. The van der Waals surface area contributed by atoms with Gasteiger partial charge in [-0.2, -0.15) is 5.10 Å². The minimum Gasteiger partial charge on any atom is -0.341 e. The summed E-state index contributed by atoms with van der Waals surface area (Å²) in [7, 11) is 0. The van der Waals surface area contributed by atoms with Crippen molar-refractivity contribution in [2.75, 3.05) is 26.2 Å². The third-order valence-electron chi connectivity index (χ3n) is 5.65. The van der Waals surface area contributed by atoms with Crippen LogP contribution in [0.5, 0.6) is 0 Å². The summed E-state index contributed by atoms with van der Waals surface area (Å²) in [4.78, 5) is 28.6. The van der Waals surface area contributed by atoms with Gasteiger partial charge < -0.3 is 9.80 Å². The number of hydrogen-bond donors (Lipinski definition) is 1. The van der Waals surface area contributed by atoms with Gasteiger partial charge in [-0.25, -0.2) is 0 Å². The number of nitrogens with one attached hydrogen (secondary N) is 1. The van der Waals surface area contributed by atoms with E-state index in [1.807, 2.05) is 9.80 Å². The van der Waals surface area contributed by atoms with E-state index >= 15 is 0 Å². The Morgan fingerprint density at radius 3 is 2.55 bits per heavy atom. The molecule has 4 rings (SSSR count). The second-order valence-electron chi connectivity index (χ2n) is 7.90. The molecule has 1 saturated carbocycles. The molecule has 3 heterocycles. The van der Waals surface area contributed by atoms with Crippen LogP contribution in [0.4, 0.5) is 0 Å². The van der Waals surface area contributed by atoms with Crippen molar-refractivity contribution in [1.82, 2.24) is 20.0 Å². The lowest BCUT2D eigenvalue weighted by molar-refractivity contribution is -0.144. The van der Waals surface area contributed by atoms with E-state index in [4.69, 9.17) is 0 Å². The van der Waals surface area contributed by atoms with E-state index in [1.54, 1.807) is 12.4 Å². The van der Waals surface area contributed by atoms with Gasteiger partial charge in [0.25, 0.3) is 5.91 Å². The van der Waals surface area contributed by atoms with Crippen LogP contribution >= 0.6 is 0 Å². The summed E-state index contributed by atoms with van der Waals surface area (Å²) in [6.07, 6.45) is 5.22. The first-order valence-corrected chi connectivity index (χ1v) is 7.97. The number of nitrogens with zero attached hydrogens (tertiary/aromatic N) is 3.